The molecular weight excluding hydrogens is 282 g/mol. The first-order chi connectivity index (χ1) is 10.8. The van der Waals surface area contributed by atoms with E-state index in [9.17, 15) is 0 Å². The van der Waals surface area contributed by atoms with Gasteiger partial charge >= 0.3 is 0 Å². The minimum atomic E-state index is 0.646. The monoisotopic (exact) mass is 295 g/mol. The molecule has 4 aromatic rings. The minimum absolute atomic E-state index is 0.646. The van der Waals surface area contributed by atoms with E-state index in [0.717, 1.165) is 22.2 Å². The summed E-state index contributed by atoms with van der Waals surface area (Å²) >= 11 is 0. The highest BCUT2D eigenvalue weighted by atomic mass is 16.5. The molecule has 0 amide bonds. The van der Waals surface area contributed by atoms with E-state index in [1.807, 2.05) is 34.9 Å². The van der Waals surface area contributed by atoms with E-state index in [2.05, 4.69) is 20.2 Å². The van der Waals surface area contributed by atoms with Crippen LogP contribution in [0.25, 0.3) is 28.1 Å². The SMILES string of the molecule is COc1ccc(-c2nnc3c4cc[nH]c4ncn23)cc1OC. The van der Waals surface area contributed by atoms with Gasteiger partial charge in [-0.1, -0.05) is 0 Å². The number of fused-ring (bicyclic) bond motifs is 3. The first-order valence-electron chi connectivity index (χ1n) is 6.71. The lowest BCUT2D eigenvalue weighted by molar-refractivity contribution is 0.355. The first-order valence-corrected chi connectivity index (χ1v) is 6.71. The zero-order chi connectivity index (χ0) is 15.1. The zero-order valence-electron chi connectivity index (χ0n) is 12.1. The molecule has 0 unspecified atom stereocenters. The number of aromatic amines is 1. The number of benzene rings is 1. The molecule has 0 aliphatic heterocycles. The quantitative estimate of drug-likeness (QED) is 0.627. The summed E-state index contributed by atoms with van der Waals surface area (Å²) < 4.78 is 12.5. The van der Waals surface area contributed by atoms with Crippen LogP contribution in [0.2, 0.25) is 0 Å². The topological polar surface area (TPSA) is 77.3 Å². The summed E-state index contributed by atoms with van der Waals surface area (Å²) in [5.41, 5.74) is 2.43. The Morgan fingerprint density at radius 3 is 2.73 bits per heavy atom. The third-order valence-electron chi connectivity index (χ3n) is 3.61. The molecule has 0 bridgehead atoms. The van der Waals surface area contributed by atoms with E-state index in [4.69, 9.17) is 9.47 Å². The lowest BCUT2D eigenvalue weighted by Gasteiger charge is -2.08. The molecule has 110 valence electrons. The lowest BCUT2D eigenvalue weighted by Crippen LogP contribution is -1.94. The molecule has 7 heteroatoms. The van der Waals surface area contributed by atoms with Crippen LogP contribution in [-0.2, 0) is 0 Å². The number of nitrogens with one attached hydrogen (secondary N) is 1. The average Bonchev–Trinajstić information content (AvgIpc) is 3.19. The Labute approximate surface area is 125 Å². The highest BCUT2D eigenvalue weighted by Gasteiger charge is 2.14. The number of hydrogen-bond donors (Lipinski definition) is 1. The predicted octanol–water partition coefficient (Wildman–Crippen LogP) is 2.29. The summed E-state index contributed by atoms with van der Waals surface area (Å²) in [6.45, 7) is 0. The molecule has 1 N–H and O–H groups in total. The van der Waals surface area contributed by atoms with E-state index < -0.39 is 0 Å². The van der Waals surface area contributed by atoms with Gasteiger partial charge in [0, 0.05) is 11.8 Å². The molecular formula is C15H13N5O2. The molecule has 0 aliphatic carbocycles. The maximum Gasteiger partial charge on any atom is 0.173 e. The molecule has 3 heterocycles. The highest BCUT2D eigenvalue weighted by Crippen LogP contribution is 2.32. The van der Waals surface area contributed by atoms with Crippen molar-refractivity contribution >= 4 is 16.7 Å². The fraction of sp³-hybridized carbons (Fsp3) is 0.133. The maximum absolute atomic E-state index is 5.34. The van der Waals surface area contributed by atoms with Crippen molar-refractivity contribution in [3.05, 3.63) is 36.8 Å². The summed E-state index contributed by atoms with van der Waals surface area (Å²) in [6, 6.07) is 7.57. The molecule has 7 nitrogen and oxygen atoms in total. The van der Waals surface area contributed by atoms with Crippen LogP contribution < -0.4 is 9.47 Å². The van der Waals surface area contributed by atoms with Gasteiger partial charge in [0.15, 0.2) is 23.0 Å². The van der Waals surface area contributed by atoms with Gasteiger partial charge in [0.05, 0.1) is 19.6 Å². The fourth-order valence-electron chi connectivity index (χ4n) is 2.52. The maximum atomic E-state index is 5.34. The molecule has 22 heavy (non-hydrogen) atoms. The Morgan fingerprint density at radius 1 is 1.05 bits per heavy atom. The molecule has 0 atom stereocenters. The largest absolute Gasteiger partial charge is 0.493 e. The molecule has 0 radical (unpaired) electrons. The molecule has 0 fully saturated rings. The molecule has 4 rings (SSSR count). The van der Waals surface area contributed by atoms with Crippen molar-refractivity contribution in [2.45, 2.75) is 0 Å². The van der Waals surface area contributed by atoms with Gasteiger partial charge < -0.3 is 14.5 Å². The van der Waals surface area contributed by atoms with Gasteiger partial charge in [-0.05, 0) is 24.3 Å². The van der Waals surface area contributed by atoms with Crippen LogP contribution >= 0.6 is 0 Å². The van der Waals surface area contributed by atoms with Crippen LogP contribution in [0.1, 0.15) is 0 Å². The molecule has 1 aromatic carbocycles. The molecule has 0 spiro atoms. The zero-order valence-corrected chi connectivity index (χ0v) is 12.1. The van der Waals surface area contributed by atoms with E-state index in [1.54, 1.807) is 20.5 Å². The van der Waals surface area contributed by atoms with Crippen LogP contribution in [0.15, 0.2) is 36.8 Å². The van der Waals surface area contributed by atoms with E-state index in [-0.39, 0.29) is 0 Å². The second-order valence-corrected chi connectivity index (χ2v) is 4.77. The van der Waals surface area contributed by atoms with E-state index >= 15 is 0 Å². The van der Waals surface area contributed by atoms with Crippen molar-refractivity contribution in [3.8, 4) is 22.9 Å². The van der Waals surface area contributed by atoms with Crippen molar-refractivity contribution in [1.29, 1.82) is 0 Å². The Kier molecular flexibility index (Phi) is 2.72. The van der Waals surface area contributed by atoms with Crippen LogP contribution in [-0.4, -0.2) is 38.8 Å². The highest BCUT2D eigenvalue weighted by molar-refractivity contribution is 5.89. The van der Waals surface area contributed by atoms with Crippen LogP contribution in [0, 0.1) is 0 Å². The number of H-pyrrole nitrogens is 1. The van der Waals surface area contributed by atoms with Crippen LogP contribution in [0.5, 0.6) is 11.5 Å². The van der Waals surface area contributed by atoms with Gasteiger partial charge in [0.25, 0.3) is 0 Å². The Bertz CT molecular complexity index is 973. The standard InChI is InChI=1S/C15H13N5O2/c1-21-11-4-3-9(7-12(11)22-2)14-18-19-15-10-5-6-16-13(10)17-8-20(14)15/h3-8,16H,1-2H3. The van der Waals surface area contributed by atoms with Gasteiger partial charge in [-0.2, -0.15) is 0 Å². The molecule has 0 saturated carbocycles. The lowest BCUT2D eigenvalue weighted by atomic mass is 10.2. The summed E-state index contributed by atoms with van der Waals surface area (Å²) in [6.07, 6.45) is 3.54. The molecule has 3 aromatic heterocycles. The number of rotatable bonds is 3. The van der Waals surface area contributed by atoms with Gasteiger partial charge in [-0.25, -0.2) is 4.98 Å². The van der Waals surface area contributed by atoms with Crippen molar-refractivity contribution < 1.29 is 9.47 Å². The smallest absolute Gasteiger partial charge is 0.173 e. The summed E-state index contributed by atoms with van der Waals surface area (Å²) in [7, 11) is 3.21. The minimum Gasteiger partial charge on any atom is -0.493 e. The fourth-order valence-corrected chi connectivity index (χ4v) is 2.52. The Morgan fingerprint density at radius 2 is 1.91 bits per heavy atom. The van der Waals surface area contributed by atoms with Crippen molar-refractivity contribution in [1.82, 2.24) is 24.6 Å². The molecule has 0 aliphatic rings. The summed E-state index contributed by atoms with van der Waals surface area (Å²) in [4.78, 5) is 7.44. The van der Waals surface area contributed by atoms with Crippen molar-refractivity contribution in [3.63, 3.8) is 0 Å². The van der Waals surface area contributed by atoms with Crippen LogP contribution in [0.4, 0.5) is 0 Å². The number of methoxy groups -OCH3 is 2. The van der Waals surface area contributed by atoms with Gasteiger partial charge in [-0.3, -0.25) is 4.40 Å². The van der Waals surface area contributed by atoms with E-state index in [1.165, 1.54) is 0 Å². The summed E-state index contributed by atoms with van der Waals surface area (Å²) in [5, 5.41) is 9.50. The second-order valence-electron chi connectivity index (χ2n) is 4.77. The third kappa shape index (κ3) is 1.72. The van der Waals surface area contributed by atoms with Gasteiger partial charge in [0.1, 0.15) is 12.0 Å². The van der Waals surface area contributed by atoms with Crippen molar-refractivity contribution in [2.24, 2.45) is 0 Å². The van der Waals surface area contributed by atoms with Crippen molar-refractivity contribution in [2.75, 3.05) is 14.2 Å². The number of aromatic nitrogens is 5. The van der Waals surface area contributed by atoms with E-state index in [0.29, 0.717) is 17.3 Å². The van der Waals surface area contributed by atoms with Gasteiger partial charge in [-0.15, -0.1) is 10.2 Å². The summed E-state index contributed by atoms with van der Waals surface area (Å²) in [5.74, 6) is 2.02. The Hall–Kier alpha value is -3.09. The normalized spacial score (nSPS) is 11.2. The third-order valence-corrected chi connectivity index (χ3v) is 3.61. The number of ether oxygens (including phenoxy) is 2. The first kappa shape index (κ1) is 12.6. The second kappa shape index (κ2) is 4.73. The molecule has 0 saturated heterocycles. The number of nitrogens with zero attached hydrogens (tertiary/aromatic N) is 4. The number of hydrogen-bond acceptors (Lipinski definition) is 5. The average molecular weight is 295 g/mol. The van der Waals surface area contributed by atoms with Gasteiger partial charge in [0.2, 0.25) is 0 Å². The predicted molar refractivity (Wildman–Crippen MR) is 81.2 cm³/mol. The Balaban J connectivity index is 1.94. The van der Waals surface area contributed by atoms with Crippen LogP contribution in [0.3, 0.4) is 0 Å².